The highest BCUT2D eigenvalue weighted by Gasteiger charge is 2.49. The van der Waals surface area contributed by atoms with Crippen molar-refractivity contribution >= 4 is 11.8 Å². The number of nitrogens with zero attached hydrogens (tertiary/aromatic N) is 1. The summed E-state index contributed by atoms with van der Waals surface area (Å²) in [6.45, 7) is 0.729. The number of likely N-dealkylation sites (N-methyl/N-ethyl adjacent to an activating group) is 1. The van der Waals surface area contributed by atoms with Crippen LogP contribution >= 0.6 is 0 Å². The van der Waals surface area contributed by atoms with E-state index in [-0.39, 0.29) is 29.8 Å². The maximum atomic E-state index is 12.3. The third kappa shape index (κ3) is 1.72. The summed E-state index contributed by atoms with van der Waals surface area (Å²) < 4.78 is 0. The van der Waals surface area contributed by atoms with E-state index in [1.54, 1.807) is 11.9 Å². The number of nitrogens with one attached hydrogen (secondary N) is 1. The SMILES string of the molecule is CN1CCC(NC(=O)C2C3CCC(C3)C2N)C1=O. The number of hydrogen-bond donors (Lipinski definition) is 2. The molecule has 3 N–H and O–H groups in total. The molecule has 18 heavy (non-hydrogen) atoms. The summed E-state index contributed by atoms with van der Waals surface area (Å²) in [5.74, 6) is 0.929. The average Bonchev–Trinajstić information content (AvgIpc) is 2.99. The fourth-order valence-electron chi connectivity index (χ4n) is 3.95. The highest BCUT2D eigenvalue weighted by Crippen LogP contribution is 2.47. The Labute approximate surface area is 107 Å². The molecule has 3 rings (SSSR count). The van der Waals surface area contributed by atoms with Gasteiger partial charge in [-0.2, -0.15) is 0 Å². The molecule has 5 nitrogen and oxygen atoms in total. The molecule has 0 aromatic heterocycles. The summed E-state index contributed by atoms with van der Waals surface area (Å²) in [7, 11) is 1.78. The van der Waals surface area contributed by atoms with Gasteiger partial charge in [-0.3, -0.25) is 9.59 Å². The van der Waals surface area contributed by atoms with Crippen LogP contribution in [0.4, 0.5) is 0 Å². The van der Waals surface area contributed by atoms with Gasteiger partial charge >= 0.3 is 0 Å². The number of carbonyl (C=O) groups is 2. The smallest absolute Gasteiger partial charge is 0.244 e. The fraction of sp³-hybridized carbons (Fsp3) is 0.846. The molecule has 1 aliphatic heterocycles. The Kier molecular flexibility index (Phi) is 2.81. The number of rotatable bonds is 2. The minimum absolute atomic E-state index is 0.00187. The number of hydrogen-bond acceptors (Lipinski definition) is 3. The molecule has 5 atom stereocenters. The quantitative estimate of drug-likeness (QED) is 0.708. The lowest BCUT2D eigenvalue weighted by molar-refractivity contribution is -0.134. The number of likely N-dealkylation sites (tertiary alicyclic amines) is 1. The first-order chi connectivity index (χ1) is 8.58. The van der Waals surface area contributed by atoms with Crippen molar-refractivity contribution in [2.75, 3.05) is 13.6 Å². The Morgan fingerprint density at radius 2 is 2.06 bits per heavy atom. The van der Waals surface area contributed by atoms with Crippen LogP contribution in [-0.4, -0.2) is 42.4 Å². The first-order valence-corrected chi connectivity index (χ1v) is 6.89. The molecule has 5 heteroatoms. The number of nitrogens with two attached hydrogens (primary N) is 1. The normalized spacial score (nSPS) is 42.7. The molecule has 1 saturated heterocycles. The van der Waals surface area contributed by atoms with Crippen molar-refractivity contribution in [1.82, 2.24) is 10.2 Å². The molecular weight excluding hydrogens is 230 g/mol. The van der Waals surface area contributed by atoms with Crippen LogP contribution in [0.5, 0.6) is 0 Å². The molecule has 3 fully saturated rings. The van der Waals surface area contributed by atoms with E-state index in [1.165, 1.54) is 6.42 Å². The second-order valence-corrected chi connectivity index (χ2v) is 6.05. The minimum Gasteiger partial charge on any atom is -0.344 e. The van der Waals surface area contributed by atoms with Crippen molar-refractivity contribution in [1.29, 1.82) is 0 Å². The maximum Gasteiger partial charge on any atom is 0.244 e. The van der Waals surface area contributed by atoms with Gasteiger partial charge in [0.05, 0.1) is 5.92 Å². The Morgan fingerprint density at radius 3 is 2.61 bits per heavy atom. The van der Waals surface area contributed by atoms with Crippen LogP contribution in [-0.2, 0) is 9.59 Å². The molecule has 2 aliphatic carbocycles. The molecule has 0 aromatic carbocycles. The Bertz CT molecular complexity index is 382. The zero-order valence-corrected chi connectivity index (χ0v) is 10.8. The molecule has 2 bridgehead atoms. The van der Waals surface area contributed by atoms with Gasteiger partial charge in [-0.05, 0) is 37.5 Å². The monoisotopic (exact) mass is 251 g/mol. The van der Waals surface area contributed by atoms with Crippen molar-refractivity contribution in [2.24, 2.45) is 23.5 Å². The van der Waals surface area contributed by atoms with Gasteiger partial charge in [0.2, 0.25) is 11.8 Å². The van der Waals surface area contributed by atoms with Crippen molar-refractivity contribution in [3.63, 3.8) is 0 Å². The van der Waals surface area contributed by atoms with Gasteiger partial charge in [-0.25, -0.2) is 0 Å². The van der Waals surface area contributed by atoms with E-state index in [1.807, 2.05) is 0 Å². The Hall–Kier alpha value is -1.10. The molecule has 0 aromatic rings. The summed E-state index contributed by atoms with van der Waals surface area (Å²) in [4.78, 5) is 25.7. The van der Waals surface area contributed by atoms with Crippen molar-refractivity contribution in [3.8, 4) is 0 Å². The van der Waals surface area contributed by atoms with Crippen LogP contribution in [0.25, 0.3) is 0 Å². The molecule has 3 aliphatic rings. The fourth-order valence-corrected chi connectivity index (χ4v) is 3.95. The summed E-state index contributed by atoms with van der Waals surface area (Å²) in [6, 6.07) is -0.327. The molecule has 100 valence electrons. The van der Waals surface area contributed by atoms with Gasteiger partial charge in [-0.15, -0.1) is 0 Å². The van der Waals surface area contributed by atoms with E-state index in [0.29, 0.717) is 11.8 Å². The lowest BCUT2D eigenvalue weighted by atomic mass is 9.84. The average molecular weight is 251 g/mol. The predicted octanol–water partition coefficient (Wildman–Crippen LogP) is -0.293. The minimum atomic E-state index is -0.325. The van der Waals surface area contributed by atoms with E-state index in [4.69, 9.17) is 5.73 Å². The van der Waals surface area contributed by atoms with Crippen LogP contribution in [0.2, 0.25) is 0 Å². The molecule has 1 heterocycles. The van der Waals surface area contributed by atoms with Gasteiger partial charge in [0.15, 0.2) is 0 Å². The lowest BCUT2D eigenvalue weighted by Crippen LogP contribution is -2.49. The van der Waals surface area contributed by atoms with Gasteiger partial charge in [0.25, 0.3) is 0 Å². The van der Waals surface area contributed by atoms with Crippen molar-refractivity contribution in [3.05, 3.63) is 0 Å². The summed E-state index contributed by atoms with van der Waals surface area (Å²) in [5, 5.41) is 2.91. The zero-order valence-electron chi connectivity index (χ0n) is 10.8. The van der Waals surface area contributed by atoms with Crippen molar-refractivity contribution in [2.45, 2.75) is 37.8 Å². The molecular formula is C13H21N3O2. The highest BCUT2D eigenvalue weighted by atomic mass is 16.2. The summed E-state index contributed by atoms with van der Waals surface area (Å²) in [6.07, 6.45) is 4.10. The highest BCUT2D eigenvalue weighted by molar-refractivity contribution is 5.90. The second kappa shape index (κ2) is 4.23. The zero-order chi connectivity index (χ0) is 12.9. The van der Waals surface area contributed by atoms with Crippen LogP contribution in [0.1, 0.15) is 25.7 Å². The van der Waals surface area contributed by atoms with Crippen LogP contribution in [0, 0.1) is 17.8 Å². The lowest BCUT2D eigenvalue weighted by Gasteiger charge is -2.28. The first-order valence-electron chi connectivity index (χ1n) is 6.89. The van der Waals surface area contributed by atoms with Gasteiger partial charge in [-0.1, -0.05) is 0 Å². The standard InChI is InChI=1S/C13H21N3O2/c1-16-5-4-9(13(16)18)15-12(17)10-7-2-3-8(6-7)11(10)14/h7-11H,2-6,14H2,1H3,(H,15,17). The van der Waals surface area contributed by atoms with Gasteiger partial charge in [0, 0.05) is 19.6 Å². The number of carbonyl (C=O) groups excluding carboxylic acids is 2. The van der Waals surface area contributed by atoms with E-state index in [0.717, 1.165) is 25.8 Å². The molecule has 2 saturated carbocycles. The molecule has 2 amide bonds. The third-order valence-electron chi connectivity index (χ3n) is 5.03. The summed E-state index contributed by atoms with van der Waals surface area (Å²) in [5.41, 5.74) is 6.15. The van der Waals surface area contributed by atoms with E-state index < -0.39 is 0 Å². The molecule has 5 unspecified atom stereocenters. The van der Waals surface area contributed by atoms with Crippen LogP contribution in [0.15, 0.2) is 0 Å². The van der Waals surface area contributed by atoms with Gasteiger partial charge in [0.1, 0.15) is 6.04 Å². The number of fused-ring (bicyclic) bond motifs is 2. The van der Waals surface area contributed by atoms with E-state index in [9.17, 15) is 9.59 Å². The van der Waals surface area contributed by atoms with Gasteiger partial charge < -0.3 is 16.0 Å². The largest absolute Gasteiger partial charge is 0.344 e. The topological polar surface area (TPSA) is 75.4 Å². The first kappa shape index (κ1) is 12.0. The maximum absolute atomic E-state index is 12.3. The van der Waals surface area contributed by atoms with E-state index >= 15 is 0 Å². The van der Waals surface area contributed by atoms with Crippen LogP contribution in [0.3, 0.4) is 0 Å². The Morgan fingerprint density at radius 1 is 1.33 bits per heavy atom. The number of amides is 2. The second-order valence-electron chi connectivity index (χ2n) is 6.05. The third-order valence-corrected chi connectivity index (χ3v) is 5.03. The van der Waals surface area contributed by atoms with Crippen molar-refractivity contribution < 1.29 is 9.59 Å². The molecule has 0 radical (unpaired) electrons. The molecule has 0 spiro atoms. The summed E-state index contributed by atoms with van der Waals surface area (Å²) >= 11 is 0. The van der Waals surface area contributed by atoms with E-state index in [2.05, 4.69) is 5.32 Å². The Balaban J connectivity index is 1.64. The predicted molar refractivity (Wildman–Crippen MR) is 66.5 cm³/mol. The van der Waals surface area contributed by atoms with Crippen LogP contribution < -0.4 is 11.1 Å².